The maximum Gasteiger partial charge on any atom is 0.264 e. The second kappa shape index (κ2) is 6.58. The molecule has 0 bridgehead atoms. The van der Waals surface area contributed by atoms with Crippen molar-refractivity contribution >= 4 is 43.6 Å². The van der Waals surface area contributed by atoms with Crippen molar-refractivity contribution in [2.24, 2.45) is 7.05 Å². The molecule has 27 heavy (non-hydrogen) atoms. The topological polar surface area (TPSA) is 94.7 Å². The first-order valence-electron chi connectivity index (χ1n) is 8.48. The van der Waals surface area contributed by atoms with Crippen LogP contribution in [0.25, 0.3) is 21.3 Å². The van der Waals surface area contributed by atoms with Crippen LogP contribution in [0.3, 0.4) is 0 Å². The van der Waals surface area contributed by atoms with Gasteiger partial charge in [0, 0.05) is 20.0 Å². The lowest BCUT2D eigenvalue weighted by atomic mass is 10.1. The summed E-state index contributed by atoms with van der Waals surface area (Å²) in [5.74, 6) is -0.192. The van der Waals surface area contributed by atoms with Gasteiger partial charge in [-0.1, -0.05) is 23.5 Å². The van der Waals surface area contributed by atoms with Crippen LogP contribution in [-0.2, 0) is 18.4 Å². The maximum absolute atomic E-state index is 12.4. The summed E-state index contributed by atoms with van der Waals surface area (Å²) in [6.07, 6.45) is 3.10. The number of anilines is 1. The quantitative estimate of drug-likeness (QED) is 0.585. The lowest BCUT2D eigenvalue weighted by Gasteiger charge is -2.05. The SMILES string of the molecule is Cc1ccc(C)c2sc(NC(=O)CCn3cnc4c(cnn4C)c3=O)nc12. The molecular formula is C18H18N6O2S. The molecule has 8 nitrogen and oxygen atoms in total. The number of aryl methyl sites for hydroxylation is 4. The van der Waals surface area contributed by atoms with Gasteiger partial charge in [0.1, 0.15) is 5.39 Å². The van der Waals surface area contributed by atoms with E-state index in [0.29, 0.717) is 16.2 Å². The number of nitrogens with one attached hydrogen (secondary N) is 1. The molecule has 0 spiro atoms. The Kier molecular flexibility index (Phi) is 4.23. The van der Waals surface area contributed by atoms with Crippen molar-refractivity contribution in [3.05, 3.63) is 46.1 Å². The third-order valence-corrected chi connectivity index (χ3v) is 5.59. The number of thiazole rings is 1. The number of aromatic nitrogens is 5. The Morgan fingerprint density at radius 3 is 2.81 bits per heavy atom. The van der Waals surface area contributed by atoms with E-state index in [2.05, 4.69) is 26.4 Å². The largest absolute Gasteiger partial charge is 0.302 e. The molecule has 4 rings (SSSR count). The molecule has 9 heteroatoms. The summed E-state index contributed by atoms with van der Waals surface area (Å²) in [4.78, 5) is 33.5. The van der Waals surface area contributed by atoms with Crippen molar-refractivity contribution in [1.29, 1.82) is 0 Å². The van der Waals surface area contributed by atoms with Crippen LogP contribution in [-0.4, -0.2) is 30.2 Å². The second-order valence-electron chi connectivity index (χ2n) is 6.44. The van der Waals surface area contributed by atoms with Gasteiger partial charge in [0.05, 0.1) is 22.7 Å². The van der Waals surface area contributed by atoms with E-state index < -0.39 is 0 Å². The molecule has 0 fully saturated rings. The molecule has 0 radical (unpaired) electrons. The predicted molar refractivity (Wildman–Crippen MR) is 105 cm³/mol. The number of hydrogen-bond acceptors (Lipinski definition) is 6. The van der Waals surface area contributed by atoms with E-state index in [1.807, 2.05) is 19.9 Å². The van der Waals surface area contributed by atoms with Gasteiger partial charge in [0.15, 0.2) is 10.8 Å². The maximum atomic E-state index is 12.4. The summed E-state index contributed by atoms with van der Waals surface area (Å²) in [6.45, 7) is 4.27. The molecule has 0 saturated heterocycles. The Morgan fingerprint density at radius 2 is 2.04 bits per heavy atom. The van der Waals surface area contributed by atoms with Crippen molar-refractivity contribution in [3.8, 4) is 0 Å². The van der Waals surface area contributed by atoms with Gasteiger partial charge in [-0.2, -0.15) is 5.10 Å². The fourth-order valence-corrected chi connectivity index (χ4v) is 3.97. The van der Waals surface area contributed by atoms with E-state index >= 15 is 0 Å². The standard InChI is InChI=1S/C18H18N6O2S/c1-10-4-5-11(2)15-14(10)22-18(27-15)21-13(25)6-7-24-9-19-16-12(17(24)26)8-20-23(16)3/h4-5,8-9H,6-7H2,1-3H3,(H,21,22,25). The molecule has 1 amide bonds. The summed E-state index contributed by atoms with van der Waals surface area (Å²) >= 11 is 1.46. The van der Waals surface area contributed by atoms with Gasteiger partial charge >= 0.3 is 0 Å². The molecule has 4 aromatic rings. The summed E-state index contributed by atoms with van der Waals surface area (Å²) in [7, 11) is 1.73. The average Bonchev–Trinajstić information content (AvgIpc) is 3.23. The molecule has 3 heterocycles. The molecule has 0 aliphatic carbocycles. The van der Waals surface area contributed by atoms with Crippen molar-refractivity contribution in [3.63, 3.8) is 0 Å². The van der Waals surface area contributed by atoms with Gasteiger partial charge in [-0.25, -0.2) is 9.97 Å². The van der Waals surface area contributed by atoms with Gasteiger partial charge in [-0.15, -0.1) is 0 Å². The first-order valence-corrected chi connectivity index (χ1v) is 9.29. The highest BCUT2D eigenvalue weighted by molar-refractivity contribution is 7.22. The van der Waals surface area contributed by atoms with Gasteiger partial charge in [0.2, 0.25) is 5.91 Å². The van der Waals surface area contributed by atoms with Crippen LogP contribution in [0, 0.1) is 13.8 Å². The number of amides is 1. The third-order valence-electron chi connectivity index (χ3n) is 4.49. The van der Waals surface area contributed by atoms with Crippen molar-refractivity contribution in [1.82, 2.24) is 24.3 Å². The molecule has 0 unspecified atom stereocenters. The van der Waals surface area contributed by atoms with Gasteiger partial charge in [0.25, 0.3) is 5.56 Å². The van der Waals surface area contributed by atoms with Crippen LogP contribution < -0.4 is 10.9 Å². The lowest BCUT2D eigenvalue weighted by molar-refractivity contribution is -0.116. The minimum Gasteiger partial charge on any atom is -0.302 e. The van der Waals surface area contributed by atoms with E-state index in [9.17, 15) is 9.59 Å². The minimum atomic E-state index is -0.202. The molecule has 0 aliphatic rings. The van der Waals surface area contributed by atoms with E-state index in [1.54, 1.807) is 11.7 Å². The highest BCUT2D eigenvalue weighted by atomic mass is 32.1. The first-order chi connectivity index (χ1) is 12.9. The normalized spacial score (nSPS) is 11.4. The molecule has 0 saturated carbocycles. The molecule has 1 N–H and O–H groups in total. The van der Waals surface area contributed by atoms with Crippen molar-refractivity contribution in [2.45, 2.75) is 26.8 Å². The summed E-state index contributed by atoms with van der Waals surface area (Å²) in [5.41, 5.74) is 3.46. The fraction of sp³-hybridized carbons (Fsp3) is 0.278. The van der Waals surface area contributed by atoms with Crippen LogP contribution in [0.2, 0.25) is 0 Å². The fourth-order valence-electron chi connectivity index (χ4n) is 2.94. The van der Waals surface area contributed by atoms with Crippen LogP contribution in [0.1, 0.15) is 17.5 Å². The number of carbonyl (C=O) groups is 1. The zero-order valence-corrected chi connectivity index (χ0v) is 16.0. The monoisotopic (exact) mass is 382 g/mol. The zero-order valence-electron chi connectivity index (χ0n) is 15.2. The number of benzene rings is 1. The minimum absolute atomic E-state index is 0.154. The number of nitrogens with zero attached hydrogens (tertiary/aromatic N) is 5. The van der Waals surface area contributed by atoms with Crippen LogP contribution in [0.15, 0.2) is 29.5 Å². The van der Waals surface area contributed by atoms with Crippen molar-refractivity contribution in [2.75, 3.05) is 5.32 Å². The summed E-state index contributed by atoms with van der Waals surface area (Å²) < 4.78 is 4.05. The molecule has 1 aromatic carbocycles. The van der Waals surface area contributed by atoms with Gasteiger partial charge in [-0.3, -0.25) is 18.8 Å². The van der Waals surface area contributed by atoms with E-state index in [1.165, 1.54) is 28.4 Å². The lowest BCUT2D eigenvalue weighted by Crippen LogP contribution is -2.23. The Morgan fingerprint density at radius 1 is 1.26 bits per heavy atom. The average molecular weight is 382 g/mol. The van der Waals surface area contributed by atoms with Crippen LogP contribution in [0.4, 0.5) is 5.13 Å². The van der Waals surface area contributed by atoms with Gasteiger partial charge in [-0.05, 0) is 25.0 Å². The number of rotatable bonds is 4. The predicted octanol–water partition coefficient (Wildman–Crippen LogP) is 2.39. The Hall–Kier alpha value is -3.07. The second-order valence-corrected chi connectivity index (χ2v) is 7.44. The van der Waals surface area contributed by atoms with E-state index in [4.69, 9.17) is 0 Å². The summed E-state index contributed by atoms with van der Waals surface area (Å²) in [5, 5.41) is 7.88. The third kappa shape index (κ3) is 3.10. The molecule has 0 aliphatic heterocycles. The Balaban J connectivity index is 1.49. The Labute approximate surface area is 158 Å². The van der Waals surface area contributed by atoms with Crippen molar-refractivity contribution < 1.29 is 4.79 Å². The summed E-state index contributed by atoms with van der Waals surface area (Å²) in [6, 6.07) is 4.08. The van der Waals surface area contributed by atoms with Crippen LogP contribution in [0.5, 0.6) is 0 Å². The Bertz CT molecular complexity index is 1200. The smallest absolute Gasteiger partial charge is 0.264 e. The first kappa shape index (κ1) is 17.3. The molecule has 0 atom stereocenters. The number of carbonyl (C=O) groups excluding carboxylic acids is 1. The van der Waals surface area contributed by atoms with Crippen LogP contribution >= 0.6 is 11.3 Å². The zero-order chi connectivity index (χ0) is 19.1. The van der Waals surface area contributed by atoms with Gasteiger partial charge < -0.3 is 5.32 Å². The highest BCUT2D eigenvalue weighted by Gasteiger charge is 2.12. The number of hydrogen-bond donors (Lipinski definition) is 1. The van der Waals surface area contributed by atoms with E-state index in [-0.39, 0.29) is 24.4 Å². The molecular weight excluding hydrogens is 364 g/mol. The molecule has 3 aromatic heterocycles. The molecule has 138 valence electrons. The van der Waals surface area contributed by atoms with E-state index in [0.717, 1.165) is 21.3 Å². The highest BCUT2D eigenvalue weighted by Crippen LogP contribution is 2.30. The number of fused-ring (bicyclic) bond motifs is 2.